The lowest BCUT2D eigenvalue weighted by molar-refractivity contribution is -0.159. The van der Waals surface area contributed by atoms with Gasteiger partial charge in [-0.1, -0.05) is 0 Å². The predicted molar refractivity (Wildman–Crippen MR) is 41.4 cm³/mol. The molecule has 0 fully saturated rings. The van der Waals surface area contributed by atoms with E-state index in [0.717, 1.165) is 0 Å². The smallest absolute Gasteiger partial charge is 0.375 e. The summed E-state index contributed by atoms with van der Waals surface area (Å²) in [6.07, 6.45) is -5.99. The number of aliphatic carboxylic acids is 1. The van der Waals surface area contributed by atoms with Gasteiger partial charge in [-0.25, -0.2) is 4.79 Å². The number of hydrogen-bond donors (Lipinski definition) is 5. The van der Waals surface area contributed by atoms with Crippen LogP contribution in [0.2, 0.25) is 0 Å². The van der Waals surface area contributed by atoms with Crippen molar-refractivity contribution in [2.24, 2.45) is 0 Å². The van der Waals surface area contributed by atoms with E-state index in [4.69, 9.17) is 25.5 Å². The number of aliphatic hydroxyl groups is 4. The molecule has 0 aromatic rings. The minimum Gasteiger partial charge on any atom is -0.475 e. The largest absolute Gasteiger partial charge is 0.475 e. The van der Waals surface area contributed by atoms with E-state index < -0.39 is 36.7 Å². The standard InChI is InChI=1S/C6H10O7.H2O/c7-1-2(8)3(9)4(10)5(11)6(12)13;/h2-4,7-10H,1H2,(H,12,13);1H2/t2-,3+,4-;/m1./s1. The fourth-order valence-electron chi connectivity index (χ4n) is 0.600. The van der Waals surface area contributed by atoms with Crippen molar-refractivity contribution in [1.82, 2.24) is 0 Å². The summed E-state index contributed by atoms with van der Waals surface area (Å²) in [5.41, 5.74) is 0. The van der Waals surface area contributed by atoms with Crippen LogP contribution in [0.3, 0.4) is 0 Å². The van der Waals surface area contributed by atoms with E-state index in [2.05, 4.69) is 0 Å². The van der Waals surface area contributed by atoms with Crippen molar-refractivity contribution < 1.29 is 40.6 Å². The van der Waals surface area contributed by atoms with E-state index in [9.17, 15) is 9.59 Å². The van der Waals surface area contributed by atoms with Crippen molar-refractivity contribution >= 4 is 11.8 Å². The minimum atomic E-state index is -2.24. The second-order valence-corrected chi connectivity index (χ2v) is 2.35. The Bertz CT molecular complexity index is 202. The number of carboxylic acid groups (broad SMARTS) is 1. The number of carbonyl (C=O) groups is 2. The zero-order valence-electron chi connectivity index (χ0n) is 6.99. The van der Waals surface area contributed by atoms with Crippen molar-refractivity contribution in [3.63, 3.8) is 0 Å². The summed E-state index contributed by atoms with van der Waals surface area (Å²) in [6.45, 7) is -0.884. The summed E-state index contributed by atoms with van der Waals surface area (Å²) in [5, 5.41) is 42.8. The van der Waals surface area contributed by atoms with Gasteiger partial charge < -0.3 is 31.0 Å². The van der Waals surface area contributed by atoms with Crippen LogP contribution < -0.4 is 0 Å². The van der Waals surface area contributed by atoms with Crippen molar-refractivity contribution in [1.29, 1.82) is 0 Å². The van der Waals surface area contributed by atoms with E-state index in [1.165, 1.54) is 0 Å². The first kappa shape index (κ1) is 15.4. The first-order valence-electron chi connectivity index (χ1n) is 3.34. The lowest BCUT2D eigenvalue weighted by Gasteiger charge is -2.18. The number of rotatable bonds is 5. The molecule has 0 unspecified atom stereocenters. The van der Waals surface area contributed by atoms with Crippen LogP contribution in [-0.4, -0.2) is 67.7 Å². The molecule has 7 N–H and O–H groups in total. The molecule has 84 valence electrons. The highest BCUT2D eigenvalue weighted by Gasteiger charge is 2.33. The molecule has 0 aliphatic rings. The average Bonchev–Trinajstić information content (AvgIpc) is 2.12. The number of hydrogen-bond acceptors (Lipinski definition) is 6. The maximum absolute atomic E-state index is 10.5. The summed E-state index contributed by atoms with van der Waals surface area (Å²) < 4.78 is 0. The molecule has 0 spiro atoms. The fraction of sp³-hybridized carbons (Fsp3) is 0.667. The van der Waals surface area contributed by atoms with Crippen LogP contribution in [0.1, 0.15) is 0 Å². The van der Waals surface area contributed by atoms with Crippen molar-refractivity contribution in [2.45, 2.75) is 18.3 Å². The van der Waals surface area contributed by atoms with Crippen LogP contribution in [-0.2, 0) is 9.59 Å². The lowest BCUT2D eigenvalue weighted by atomic mass is 10.1. The van der Waals surface area contributed by atoms with Crippen LogP contribution in [0.15, 0.2) is 0 Å². The maximum atomic E-state index is 10.5. The molecule has 14 heavy (non-hydrogen) atoms. The zero-order valence-corrected chi connectivity index (χ0v) is 6.99. The van der Waals surface area contributed by atoms with Gasteiger partial charge in [0, 0.05) is 0 Å². The molecule has 0 radical (unpaired) electrons. The van der Waals surface area contributed by atoms with Gasteiger partial charge in [-0.15, -0.1) is 0 Å². The summed E-state index contributed by atoms with van der Waals surface area (Å²) in [6, 6.07) is 0. The van der Waals surface area contributed by atoms with Gasteiger partial charge in [0.25, 0.3) is 5.78 Å². The van der Waals surface area contributed by atoms with E-state index in [0.29, 0.717) is 0 Å². The van der Waals surface area contributed by atoms with Gasteiger partial charge in [0.15, 0.2) is 6.10 Å². The number of carboxylic acids is 1. The van der Waals surface area contributed by atoms with E-state index in [-0.39, 0.29) is 5.48 Å². The summed E-state index contributed by atoms with van der Waals surface area (Å²) in [7, 11) is 0. The Labute approximate surface area is 78.3 Å². The second kappa shape index (κ2) is 6.40. The quantitative estimate of drug-likeness (QED) is 0.288. The Hall–Kier alpha value is -1.06. The SMILES string of the molecule is O.O=C(O)C(=O)[C@H](O)[C@@H](O)[C@H](O)CO. The first-order chi connectivity index (χ1) is 5.91. The van der Waals surface area contributed by atoms with Crippen molar-refractivity contribution in [3.8, 4) is 0 Å². The third-order valence-electron chi connectivity index (χ3n) is 1.38. The molecule has 0 saturated heterocycles. The minimum absolute atomic E-state index is 0. The highest BCUT2D eigenvalue weighted by atomic mass is 16.4. The molecular formula is C6H12O8. The van der Waals surface area contributed by atoms with Crippen LogP contribution in [0.25, 0.3) is 0 Å². The van der Waals surface area contributed by atoms with Crippen molar-refractivity contribution in [2.75, 3.05) is 6.61 Å². The van der Waals surface area contributed by atoms with Crippen LogP contribution >= 0.6 is 0 Å². The summed E-state index contributed by atoms with van der Waals surface area (Å²) in [4.78, 5) is 20.5. The Morgan fingerprint density at radius 2 is 1.57 bits per heavy atom. The van der Waals surface area contributed by atoms with Crippen LogP contribution in [0.4, 0.5) is 0 Å². The zero-order chi connectivity index (χ0) is 10.6. The Morgan fingerprint density at radius 1 is 1.14 bits per heavy atom. The Morgan fingerprint density at radius 3 is 1.86 bits per heavy atom. The van der Waals surface area contributed by atoms with Gasteiger partial charge in [0.1, 0.15) is 12.2 Å². The molecule has 0 aromatic heterocycles. The van der Waals surface area contributed by atoms with Crippen LogP contribution in [0.5, 0.6) is 0 Å². The van der Waals surface area contributed by atoms with E-state index in [1.807, 2.05) is 0 Å². The third kappa shape index (κ3) is 3.77. The number of carbonyl (C=O) groups excluding carboxylic acids is 1. The molecule has 8 heteroatoms. The number of Topliss-reactive ketones (excluding diaryl/α,β-unsaturated/α-hetero) is 1. The molecular weight excluding hydrogens is 200 g/mol. The highest BCUT2D eigenvalue weighted by molar-refractivity contribution is 6.34. The van der Waals surface area contributed by atoms with Gasteiger partial charge in [-0.05, 0) is 0 Å². The van der Waals surface area contributed by atoms with Gasteiger partial charge in [0.2, 0.25) is 0 Å². The summed E-state index contributed by atoms with van der Waals surface area (Å²) >= 11 is 0. The van der Waals surface area contributed by atoms with E-state index in [1.54, 1.807) is 0 Å². The van der Waals surface area contributed by atoms with Gasteiger partial charge >= 0.3 is 5.97 Å². The Kier molecular flexibility index (Phi) is 7.05. The average molecular weight is 212 g/mol. The normalized spacial score (nSPS) is 16.3. The number of aliphatic hydroxyl groups excluding tert-OH is 4. The van der Waals surface area contributed by atoms with Crippen molar-refractivity contribution in [3.05, 3.63) is 0 Å². The van der Waals surface area contributed by atoms with Gasteiger partial charge in [-0.2, -0.15) is 0 Å². The molecule has 0 saturated carbocycles. The molecule has 0 amide bonds. The molecule has 0 aliphatic heterocycles. The van der Waals surface area contributed by atoms with Crippen LogP contribution in [0, 0.1) is 0 Å². The molecule has 0 aromatic carbocycles. The number of ketones is 1. The molecule has 0 heterocycles. The Balaban J connectivity index is 0. The van der Waals surface area contributed by atoms with Gasteiger partial charge in [0.05, 0.1) is 6.61 Å². The fourth-order valence-corrected chi connectivity index (χ4v) is 0.600. The lowest BCUT2D eigenvalue weighted by Crippen LogP contribution is -2.46. The first-order valence-corrected chi connectivity index (χ1v) is 3.34. The molecule has 8 nitrogen and oxygen atoms in total. The second-order valence-electron chi connectivity index (χ2n) is 2.35. The predicted octanol–water partition coefficient (Wildman–Crippen LogP) is -4.11. The topological polar surface area (TPSA) is 167 Å². The van der Waals surface area contributed by atoms with Gasteiger partial charge in [-0.3, -0.25) is 4.79 Å². The summed E-state index contributed by atoms with van der Waals surface area (Å²) in [5.74, 6) is -3.56. The molecule has 0 bridgehead atoms. The molecule has 0 aliphatic carbocycles. The monoisotopic (exact) mass is 212 g/mol. The molecule has 0 rings (SSSR count). The molecule has 3 atom stereocenters. The highest BCUT2D eigenvalue weighted by Crippen LogP contribution is 2.01. The third-order valence-corrected chi connectivity index (χ3v) is 1.38. The van der Waals surface area contributed by atoms with E-state index >= 15 is 0 Å². The maximum Gasteiger partial charge on any atom is 0.375 e.